The summed E-state index contributed by atoms with van der Waals surface area (Å²) in [6.45, 7) is 0.456. The van der Waals surface area contributed by atoms with E-state index >= 15 is 0 Å². The Balaban J connectivity index is 1.30. The van der Waals surface area contributed by atoms with E-state index in [1.807, 2.05) is 42.5 Å². The lowest BCUT2D eigenvalue weighted by molar-refractivity contribution is -0.113. The fourth-order valence-corrected chi connectivity index (χ4v) is 4.75. The van der Waals surface area contributed by atoms with Crippen LogP contribution in [0.3, 0.4) is 0 Å². The fourth-order valence-electron chi connectivity index (χ4n) is 3.70. The van der Waals surface area contributed by atoms with E-state index in [2.05, 4.69) is 24.3 Å². The molecule has 1 fully saturated rings. The second-order valence-corrected chi connectivity index (χ2v) is 8.86. The summed E-state index contributed by atoms with van der Waals surface area (Å²) in [5.74, 6) is 0.346. The average Bonchev–Trinajstić information content (AvgIpc) is 3.11. The smallest absolute Gasteiger partial charge is 0.298 e. The van der Waals surface area contributed by atoms with Crippen LogP contribution in [0.1, 0.15) is 11.1 Å². The molecule has 0 spiro atoms. The third-order valence-electron chi connectivity index (χ3n) is 5.34. The van der Waals surface area contributed by atoms with E-state index in [0.717, 1.165) is 33.5 Å². The zero-order chi connectivity index (χ0) is 22.8. The van der Waals surface area contributed by atoms with Crippen molar-refractivity contribution in [2.24, 2.45) is 0 Å². The number of thioether (sulfide) groups is 1. The van der Waals surface area contributed by atoms with Gasteiger partial charge in [-0.1, -0.05) is 78.3 Å². The van der Waals surface area contributed by atoms with E-state index in [1.54, 1.807) is 30.3 Å². The highest BCUT2D eigenvalue weighted by Crippen LogP contribution is 2.38. The average molecular weight is 472 g/mol. The van der Waals surface area contributed by atoms with E-state index in [0.29, 0.717) is 22.2 Å². The third-order valence-corrected chi connectivity index (χ3v) is 6.53. The van der Waals surface area contributed by atoms with E-state index in [9.17, 15) is 9.59 Å². The predicted octanol–water partition coefficient (Wildman–Crippen LogP) is 7.31. The van der Waals surface area contributed by atoms with E-state index in [-0.39, 0.29) is 11.1 Å². The fraction of sp³-hybridized carbons (Fsp3) is 0.0370. The minimum absolute atomic E-state index is 0.351. The number of carbonyl (C=O) groups excluding carboxylic acids is 2. The number of hydrogen-bond acceptors (Lipinski definition) is 4. The third kappa shape index (κ3) is 4.38. The number of rotatable bonds is 5. The molecular weight excluding hydrogens is 454 g/mol. The topological polar surface area (TPSA) is 46.6 Å². The maximum atomic E-state index is 12.8. The van der Waals surface area contributed by atoms with Gasteiger partial charge < -0.3 is 4.74 Å². The molecule has 1 heterocycles. The van der Waals surface area contributed by atoms with Crippen molar-refractivity contribution in [2.45, 2.75) is 6.61 Å². The Labute approximate surface area is 200 Å². The number of anilines is 1. The molecule has 4 aromatic rings. The summed E-state index contributed by atoms with van der Waals surface area (Å²) in [6, 6.07) is 28.6. The summed E-state index contributed by atoms with van der Waals surface area (Å²) in [5, 5.41) is 2.34. The SMILES string of the molecule is O=C1S/C(=C\c2ccc(OCc3cccc4ccccc34)cc2)C(=O)N1c1ccccc1Cl. The van der Waals surface area contributed by atoms with Crippen LogP contribution in [0.15, 0.2) is 95.9 Å². The summed E-state index contributed by atoms with van der Waals surface area (Å²) in [5.41, 5.74) is 2.31. The molecule has 0 aliphatic carbocycles. The molecule has 0 radical (unpaired) electrons. The molecule has 1 aliphatic heterocycles. The molecule has 2 amide bonds. The van der Waals surface area contributed by atoms with Crippen LogP contribution >= 0.6 is 23.4 Å². The number of para-hydroxylation sites is 1. The molecule has 0 unspecified atom stereocenters. The second-order valence-electron chi connectivity index (χ2n) is 7.46. The zero-order valence-electron chi connectivity index (χ0n) is 17.4. The first-order valence-corrected chi connectivity index (χ1v) is 11.5. The summed E-state index contributed by atoms with van der Waals surface area (Å²) in [4.78, 5) is 26.8. The number of fused-ring (bicyclic) bond motifs is 1. The highest BCUT2D eigenvalue weighted by molar-refractivity contribution is 8.19. The molecule has 0 saturated carbocycles. The lowest BCUT2D eigenvalue weighted by atomic mass is 10.1. The number of nitrogens with zero attached hydrogens (tertiary/aromatic N) is 1. The van der Waals surface area contributed by atoms with E-state index < -0.39 is 0 Å². The monoisotopic (exact) mass is 471 g/mol. The summed E-state index contributed by atoms with van der Waals surface area (Å²) in [6.07, 6.45) is 1.70. The van der Waals surface area contributed by atoms with Crippen LogP contribution in [0.2, 0.25) is 5.02 Å². The van der Waals surface area contributed by atoms with Crippen LogP contribution in [0, 0.1) is 0 Å². The number of amides is 2. The van der Waals surface area contributed by atoms with Crippen LogP contribution in [0.4, 0.5) is 10.5 Å². The van der Waals surface area contributed by atoms with Crippen LogP contribution in [0.25, 0.3) is 16.8 Å². The Hall–Kier alpha value is -3.54. The lowest BCUT2D eigenvalue weighted by Gasteiger charge is -2.13. The van der Waals surface area contributed by atoms with Gasteiger partial charge in [0.15, 0.2) is 0 Å². The van der Waals surface area contributed by atoms with Gasteiger partial charge in [-0.2, -0.15) is 0 Å². The van der Waals surface area contributed by atoms with Gasteiger partial charge in [-0.05, 0) is 64.0 Å². The predicted molar refractivity (Wildman–Crippen MR) is 135 cm³/mol. The van der Waals surface area contributed by atoms with Crippen molar-refractivity contribution in [3.05, 3.63) is 112 Å². The highest BCUT2D eigenvalue weighted by Gasteiger charge is 2.37. The summed E-state index contributed by atoms with van der Waals surface area (Å²) >= 11 is 7.08. The van der Waals surface area contributed by atoms with E-state index in [1.165, 1.54) is 10.8 Å². The molecule has 0 N–H and O–H groups in total. The maximum absolute atomic E-state index is 12.8. The van der Waals surface area contributed by atoms with E-state index in [4.69, 9.17) is 16.3 Å². The van der Waals surface area contributed by atoms with Crippen LogP contribution < -0.4 is 9.64 Å². The van der Waals surface area contributed by atoms with Crippen molar-refractivity contribution in [1.82, 2.24) is 0 Å². The first-order valence-electron chi connectivity index (χ1n) is 10.3. The molecule has 0 bridgehead atoms. The largest absolute Gasteiger partial charge is 0.489 e. The van der Waals surface area contributed by atoms with Gasteiger partial charge in [0.25, 0.3) is 11.1 Å². The number of ether oxygens (including phenoxy) is 1. The van der Waals surface area contributed by atoms with Crippen LogP contribution in [0.5, 0.6) is 5.75 Å². The van der Waals surface area contributed by atoms with Gasteiger partial charge in [-0.3, -0.25) is 9.59 Å². The second kappa shape index (κ2) is 9.14. The van der Waals surface area contributed by atoms with Crippen molar-refractivity contribution in [3.63, 3.8) is 0 Å². The molecule has 6 heteroatoms. The standard InChI is InChI=1S/C27H18ClNO3S/c28-23-10-3-4-11-24(23)29-26(30)25(33-27(29)31)16-18-12-14-21(15-13-18)32-17-20-8-5-7-19-6-1-2-9-22(19)20/h1-16H,17H2/b25-16-. The Morgan fingerprint density at radius 2 is 1.58 bits per heavy atom. The van der Waals surface area contributed by atoms with Gasteiger partial charge in [0, 0.05) is 0 Å². The molecule has 0 atom stereocenters. The molecule has 33 heavy (non-hydrogen) atoms. The van der Waals surface area contributed by atoms with Gasteiger partial charge in [-0.15, -0.1) is 0 Å². The first kappa shape index (κ1) is 21.3. The van der Waals surface area contributed by atoms with Crippen molar-refractivity contribution >= 4 is 57.0 Å². The van der Waals surface area contributed by atoms with Gasteiger partial charge in [0.1, 0.15) is 12.4 Å². The Bertz CT molecular complexity index is 1390. The maximum Gasteiger partial charge on any atom is 0.298 e. The molecule has 4 nitrogen and oxygen atoms in total. The lowest BCUT2D eigenvalue weighted by Crippen LogP contribution is -2.27. The number of imide groups is 1. The minimum Gasteiger partial charge on any atom is -0.489 e. The molecule has 162 valence electrons. The van der Waals surface area contributed by atoms with Gasteiger partial charge >= 0.3 is 0 Å². The van der Waals surface area contributed by atoms with Crippen molar-refractivity contribution in [1.29, 1.82) is 0 Å². The Morgan fingerprint density at radius 3 is 2.39 bits per heavy atom. The summed E-state index contributed by atoms with van der Waals surface area (Å²) in [7, 11) is 0. The van der Waals surface area contributed by atoms with Crippen molar-refractivity contribution < 1.29 is 14.3 Å². The van der Waals surface area contributed by atoms with Crippen molar-refractivity contribution in [3.8, 4) is 5.75 Å². The number of benzene rings is 4. The number of halogens is 1. The van der Waals surface area contributed by atoms with Crippen LogP contribution in [-0.2, 0) is 11.4 Å². The Morgan fingerprint density at radius 1 is 0.848 bits per heavy atom. The first-order chi connectivity index (χ1) is 16.1. The Kier molecular flexibility index (Phi) is 5.90. The quantitative estimate of drug-likeness (QED) is 0.286. The normalized spacial score (nSPS) is 14.9. The van der Waals surface area contributed by atoms with Gasteiger partial charge in [0.2, 0.25) is 0 Å². The molecule has 5 rings (SSSR count). The van der Waals surface area contributed by atoms with Crippen molar-refractivity contribution in [2.75, 3.05) is 4.90 Å². The number of carbonyl (C=O) groups is 2. The van der Waals surface area contributed by atoms with Crippen LogP contribution in [-0.4, -0.2) is 11.1 Å². The zero-order valence-corrected chi connectivity index (χ0v) is 19.0. The highest BCUT2D eigenvalue weighted by atomic mass is 35.5. The molecule has 0 aromatic heterocycles. The molecule has 4 aromatic carbocycles. The molecular formula is C27H18ClNO3S. The van der Waals surface area contributed by atoms with Gasteiger partial charge in [-0.25, -0.2) is 4.90 Å². The van der Waals surface area contributed by atoms with Gasteiger partial charge in [0.05, 0.1) is 15.6 Å². The molecule has 1 aliphatic rings. The molecule has 1 saturated heterocycles. The summed E-state index contributed by atoms with van der Waals surface area (Å²) < 4.78 is 5.98. The number of hydrogen-bond donors (Lipinski definition) is 0. The minimum atomic E-state index is -0.380.